The van der Waals surface area contributed by atoms with Crippen LogP contribution in [0.3, 0.4) is 0 Å². The van der Waals surface area contributed by atoms with Gasteiger partial charge in [0.1, 0.15) is 5.82 Å². The molecular formula is C14H14N4O3. The van der Waals surface area contributed by atoms with E-state index >= 15 is 0 Å². The fourth-order valence-electron chi connectivity index (χ4n) is 2.36. The molecule has 108 valence electrons. The lowest BCUT2D eigenvalue weighted by Crippen LogP contribution is -2.32. The van der Waals surface area contributed by atoms with Crippen molar-refractivity contribution < 1.29 is 14.7 Å². The molecule has 1 aromatic heterocycles. The Labute approximate surface area is 120 Å². The van der Waals surface area contributed by atoms with Gasteiger partial charge in [-0.3, -0.25) is 4.79 Å². The molecule has 0 saturated carbocycles. The van der Waals surface area contributed by atoms with Gasteiger partial charge in [-0.2, -0.15) is 0 Å². The molecule has 7 heteroatoms. The van der Waals surface area contributed by atoms with Crippen molar-refractivity contribution in [1.82, 2.24) is 15.3 Å². The van der Waals surface area contributed by atoms with Crippen LogP contribution >= 0.6 is 0 Å². The Bertz CT molecular complexity index is 716. The molecule has 2 aromatic rings. The summed E-state index contributed by atoms with van der Waals surface area (Å²) < 4.78 is 0. The highest BCUT2D eigenvalue weighted by Crippen LogP contribution is 2.20. The van der Waals surface area contributed by atoms with E-state index in [4.69, 9.17) is 5.11 Å². The van der Waals surface area contributed by atoms with Crippen molar-refractivity contribution in [3.05, 3.63) is 30.1 Å². The van der Waals surface area contributed by atoms with Crippen molar-refractivity contribution in [2.24, 2.45) is 0 Å². The monoisotopic (exact) mass is 286 g/mol. The minimum absolute atomic E-state index is 0.0412. The molecule has 1 aliphatic heterocycles. The lowest BCUT2D eigenvalue weighted by molar-refractivity contribution is -0.119. The number of nitrogens with zero attached hydrogens (tertiary/aromatic N) is 2. The number of aromatic carboxylic acids is 1. The number of fused-ring (bicyclic) bond motifs is 1. The lowest BCUT2D eigenvalue weighted by Gasteiger charge is -2.13. The zero-order valence-electron chi connectivity index (χ0n) is 11.2. The third-order valence-corrected chi connectivity index (χ3v) is 3.40. The third kappa shape index (κ3) is 2.76. The highest BCUT2D eigenvalue weighted by molar-refractivity contribution is 5.93. The van der Waals surface area contributed by atoms with Crippen LogP contribution in [0, 0.1) is 0 Å². The quantitative estimate of drug-likeness (QED) is 0.775. The Morgan fingerprint density at radius 3 is 2.90 bits per heavy atom. The highest BCUT2D eigenvalue weighted by atomic mass is 16.4. The van der Waals surface area contributed by atoms with Crippen LogP contribution in [0.5, 0.6) is 0 Å². The first-order chi connectivity index (χ1) is 10.1. The third-order valence-electron chi connectivity index (χ3n) is 3.40. The van der Waals surface area contributed by atoms with E-state index in [2.05, 4.69) is 20.6 Å². The SMILES string of the molecule is O=C1CCC(CNc2nc(C(=O)O)nc3ccccc23)N1. The first-order valence-corrected chi connectivity index (χ1v) is 6.67. The van der Waals surface area contributed by atoms with Gasteiger partial charge in [0.25, 0.3) is 0 Å². The fourth-order valence-corrected chi connectivity index (χ4v) is 2.36. The van der Waals surface area contributed by atoms with Gasteiger partial charge in [-0.15, -0.1) is 0 Å². The molecule has 1 amide bonds. The molecule has 1 saturated heterocycles. The second kappa shape index (κ2) is 5.35. The molecule has 21 heavy (non-hydrogen) atoms. The largest absolute Gasteiger partial charge is 0.475 e. The number of para-hydroxylation sites is 1. The number of carbonyl (C=O) groups excluding carboxylic acids is 1. The van der Waals surface area contributed by atoms with Gasteiger partial charge in [0, 0.05) is 24.4 Å². The second-order valence-corrected chi connectivity index (χ2v) is 4.90. The van der Waals surface area contributed by atoms with Crippen LogP contribution in [-0.2, 0) is 4.79 Å². The fraction of sp³-hybridized carbons (Fsp3) is 0.286. The molecule has 1 aliphatic rings. The number of hydrogen-bond acceptors (Lipinski definition) is 5. The number of aromatic nitrogens is 2. The topological polar surface area (TPSA) is 104 Å². The molecule has 3 rings (SSSR count). The minimum atomic E-state index is -1.17. The number of hydrogen-bond donors (Lipinski definition) is 3. The zero-order chi connectivity index (χ0) is 14.8. The summed E-state index contributed by atoms with van der Waals surface area (Å²) in [7, 11) is 0. The maximum atomic E-state index is 11.2. The summed E-state index contributed by atoms with van der Waals surface area (Å²) in [6.45, 7) is 0.506. The Kier molecular flexibility index (Phi) is 3.39. The van der Waals surface area contributed by atoms with Crippen LogP contribution in [0.1, 0.15) is 23.5 Å². The van der Waals surface area contributed by atoms with Gasteiger partial charge < -0.3 is 15.7 Å². The molecule has 0 radical (unpaired) electrons. The van der Waals surface area contributed by atoms with Crippen molar-refractivity contribution in [1.29, 1.82) is 0 Å². The summed E-state index contributed by atoms with van der Waals surface area (Å²) in [5.74, 6) is -0.899. The van der Waals surface area contributed by atoms with Gasteiger partial charge in [-0.05, 0) is 18.6 Å². The molecule has 1 fully saturated rings. The number of carboxylic acid groups (broad SMARTS) is 1. The summed E-state index contributed by atoms with van der Waals surface area (Å²) >= 11 is 0. The first-order valence-electron chi connectivity index (χ1n) is 6.67. The molecule has 1 atom stereocenters. The summed E-state index contributed by atoms with van der Waals surface area (Å²) in [6.07, 6.45) is 1.29. The minimum Gasteiger partial charge on any atom is -0.475 e. The van der Waals surface area contributed by atoms with Gasteiger partial charge in [0.2, 0.25) is 11.7 Å². The smallest absolute Gasteiger partial charge is 0.374 e. The number of carbonyl (C=O) groups is 2. The normalized spacial score (nSPS) is 17.7. The zero-order valence-corrected chi connectivity index (χ0v) is 11.2. The molecule has 1 aromatic carbocycles. The van der Waals surface area contributed by atoms with Crippen molar-refractivity contribution in [3.8, 4) is 0 Å². The number of anilines is 1. The second-order valence-electron chi connectivity index (χ2n) is 4.90. The predicted octanol–water partition coefficient (Wildman–Crippen LogP) is 1.02. The molecule has 7 nitrogen and oxygen atoms in total. The maximum Gasteiger partial charge on any atom is 0.374 e. The molecule has 0 aliphatic carbocycles. The van der Waals surface area contributed by atoms with E-state index in [1.165, 1.54) is 0 Å². The van der Waals surface area contributed by atoms with Crippen LogP contribution in [-0.4, -0.2) is 39.5 Å². The van der Waals surface area contributed by atoms with Crippen molar-refractivity contribution in [3.63, 3.8) is 0 Å². The van der Waals surface area contributed by atoms with E-state index in [0.29, 0.717) is 24.3 Å². The summed E-state index contributed by atoms with van der Waals surface area (Å²) in [4.78, 5) is 30.3. The number of rotatable bonds is 4. The Morgan fingerprint density at radius 2 is 2.19 bits per heavy atom. The average molecular weight is 286 g/mol. The van der Waals surface area contributed by atoms with Crippen molar-refractivity contribution >= 4 is 28.6 Å². The number of nitrogens with one attached hydrogen (secondary N) is 2. The van der Waals surface area contributed by atoms with Crippen molar-refractivity contribution in [2.45, 2.75) is 18.9 Å². The molecule has 3 N–H and O–H groups in total. The number of carboxylic acids is 1. The number of benzene rings is 1. The van der Waals surface area contributed by atoms with Gasteiger partial charge >= 0.3 is 5.97 Å². The van der Waals surface area contributed by atoms with E-state index in [-0.39, 0.29) is 17.8 Å². The summed E-state index contributed by atoms with van der Waals surface area (Å²) in [5.41, 5.74) is 0.572. The van der Waals surface area contributed by atoms with E-state index in [1.807, 2.05) is 12.1 Å². The molecule has 1 unspecified atom stereocenters. The summed E-state index contributed by atoms with van der Waals surface area (Å²) in [5, 5.41) is 15.8. The predicted molar refractivity (Wildman–Crippen MR) is 76.2 cm³/mol. The van der Waals surface area contributed by atoms with E-state index < -0.39 is 5.97 Å². The van der Waals surface area contributed by atoms with Crippen LogP contribution in [0.4, 0.5) is 5.82 Å². The Balaban J connectivity index is 1.88. The Morgan fingerprint density at radius 1 is 1.38 bits per heavy atom. The average Bonchev–Trinajstić information content (AvgIpc) is 2.90. The lowest BCUT2D eigenvalue weighted by atomic mass is 10.2. The standard InChI is InChI=1S/C14H14N4O3/c19-11-6-5-8(16-11)7-15-12-9-3-1-2-4-10(9)17-13(18-12)14(20)21/h1-4,8H,5-7H2,(H,16,19)(H,20,21)(H,15,17,18). The van der Waals surface area contributed by atoms with Gasteiger partial charge in [0.05, 0.1) is 5.52 Å². The van der Waals surface area contributed by atoms with Crippen molar-refractivity contribution in [2.75, 3.05) is 11.9 Å². The van der Waals surface area contributed by atoms with Gasteiger partial charge in [-0.1, -0.05) is 12.1 Å². The van der Waals surface area contributed by atoms with Crippen LogP contribution in [0.2, 0.25) is 0 Å². The molecular weight excluding hydrogens is 272 g/mol. The maximum absolute atomic E-state index is 11.2. The van der Waals surface area contributed by atoms with Crippen LogP contribution in [0.25, 0.3) is 10.9 Å². The van der Waals surface area contributed by atoms with E-state index in [0.717, 1.165) is 11.8 Å². The molecule has 2 heterocycles. The van der Waals surface area contributed by atoms with Crippen LogP contribution < -0.4 is 10.6 Å². The summed E-state index contributed by atoms with van der Waals surface area (Å²) in [6, 6.07) is 7.25. The van der Waals surface area contributed by atoms with Crippen LogP contribution in [0.15, 0.2) is 24.3 Å². The first kappa shape index (κ1) is 13.3. The molecule has 0 spiro atoms. The van der Waals surface area contributed by atoms with E-state index in [9.17, 15) is 9.59 Å². The van der Waals surface area contributed by atoms with Gasteiger partial charge in [0.15, 0.2) is 0 Å². The highest BCUT2D eigenvalue weighted by Gasteiger charge is 2.21. The molecule has 0 bridgehead atoms. The van der Waals surface area contributed by atoms with E-state index in [1.54, 1.807) is 12.1 Å². The number of amides is 1. The van der Waals surface area contributed by atoms with Gasteiger partial charge in [-0.25, -0.2) is 14.8 Å². The Hall–Kier alpha value is -2.70.